The number of nitrogens with one attached hydrogen (secondary N) is 1. The third-order valence-corrected chi connectivity index (χ3v) is 8.30. The molecule has 1 aliphatic heterocycles. The number of ether oxygens (including phenoxy) is 3. The summed E-state index contributed by atoms with van der Waals surface area (Å²) >= 11 is 1.24. The Morgan fingerprint density at radius 2 is 2.05 bits per heavy atom. The van der Waals surface area contributed by atoms with E-state index >= 15 is 0 Å². The molecular weight excluding hydrogens is 541 g/mol. The van der Waals surface area contributed by atoms with E-state index in [4.69, 9.17) is 14.2 Å². The average Bonchev–Trinajstić information content (AvgIpc) is 3.59. The molecule has 4 aromatic rings. The zero-order chi connectivity index (χ0) is 28.4. The number of thiophene rings is 1. The fraction of sp³-hybridized carbons (Fsp3) is 0.407. The molecule has 2 unspecified atom stereocenters. The number of carbonyl (C=O) groups excluding carboxylic acids is 1. The molecule has 3 aromatic heterocycles. The van der Waals surface area contributed by atoms with Crippen LogP contribution in [0.3, 0.4) is 0 Å². The van der Waals surface area contributed by atoms with Crippen LogP contribution in [-0.2, 0) is 20.8 Å². The van der Waals surface area contributed by atoms with Gasteiger partial charge in [-0.3, -0.25) is 14.2 Å². The lowest BCUT2D eigenvalue weighted by Gasteiger charge is -2.26. The van der Waals surface area contributed by atoms with Crippen molar-refractivity contribution in [1.29, 1.82) is 0 Å². The fourth-order valence-electron chi connectivity index (χ4n) is 5.04. The first-order valence-corrected chi connectivity index (χ1v) is 13.7. The number of fused-ring (bicyclic) bond motifs is 1. The second-order valence-electron chi connectivity index (χ2n) is 9.42. The number of hydrogen-bond acceptors (Lipinski definition) is 8. The Hall–Kier alpha value is -3.81. The van der Waals surface area contributed by atoms with Crippen molar-refractivity contribution in [3.8, 4) is 10.8 Å². The van der Waals surface area contributed by atoms with Crippen LogP contribution >= 0.6 is 11.3 Å². The van der Waals surface area contributed by atoms with Crippen LogP contribution in [-0.4, -0.2) is 58.8 Å². The number of nitrogens with zero attached hydrogens (tertiary/aromatic N) is 4. The predicted octanol–water partition coefficient (Wildman–Crippen LogP) is 2.72. The van der Waals surface area contributed by atoms with Crippen LogP contribution < -0.4 is 21.3 Å². The van der Waals surface area contributed by atoms with E-state index in [0.29, 0.717) is 51.5 Å². The molecule has 1 amide bonds. The Kier molecular flexibility index (Phi) is 8.14. The largest absolute Gasteiger partial charge is 0.496 e. The molecule has 1 fully saturated rings. The molecule has 5 rings (SSSR count). The Bertz CT molecular complexity index is 1640. The quantitative estimate of drug-likeness (QED) is 0.291. The maximum absolute atomic E-state index is 14.4. The molecule has 0 radical (unpaired) electrons. The minimum absolute atomic E-state index is 0.0774. The van der Waals surface area contributed by atoms with Gasteiger partial charge in [0.05, 0.1) is 32.3 Å². The normalized spacial score (nSPS) is 16.3. The summed E-state index contributed by atoms with van der Waals surface area (Å²) < 4.78 is 35.3. The Balaban J connectivity index is 1.75. The van der Waals surface area contributed by atoms with Gasteiger partial charge in [-0.25, -0.2) is 18.4 Å². The Morgan fingerprint density at radius 1 is 1.23 bits per heavy atom. The van der Waals surface area contributed by atoms with Crippen molar-refractivity contribution >= 4 is 27.5 Å². The van der Waals surface area contributed by atoms with Crippen LogP contribution in [0.15, 0.2) is 46.2 Å². The number of halogens is 1. The smallest absolute Gasteiger partial charge is 0.332 e. The highest BCUT2D eigenvalue weighted by atomic mass is 32.1. The molecule has 1 saturated heterocycles. The van der Waals surface area contributed by atoms with E-state index in [1.165, 1.54) is 48.3 Å². The molecule has 40 heavy (non-hydrogen) atoms. The van der Waals surface area contributed by atoms with Crippen molar-refractivity contribution in [1.82, 2.24) is 24.2 Å². The number of piperidine rings is 1. The monoisotopic (exact) mass is 571 g/mol. The van der Waals surface area contributed by atoms with E-state index in [-0.39, 0.29) is 25.7 Å². The topological polar surface area (TPSA) is 119 Å². The number of aromatic nitrogens is 4. The second kappa shape index (κ2) is 11.7. The average molecular weight is 572 g/mol. The second-order valence-corrected chi connectivity index (χ2v) is 10.4. The zero-order valence-electron chi connectivity index (χ0n) is 22.4. The molecule has 2 atom stereocenters. The van der Waals surface area contributed by atoms with Gasteiger partial charge in [-0.15, -0.1) is 0 Å². The van der Waals surface area contributed by atoms with Gasteiger partial charge in [0.2, 0.25) is 5.91 Å². The Labute approximate surface area is 232 Å². The summed E-state index contributed by atoms with van der Waals surface area (Å²) in [6, 6.07) is 4.89. The van der Waals surface area contributed by atoms with Gasteiger partial charge < -0.3 is 19.5 Å². The van der Waals surface area contributed by atoms with Crippen LogP contribution in [0, 0.1) is 12.7 Å². The molecule has 13 heteroatoms. The molecule has 0 spiro atoms. The maximum Gasteiger partial charge on any atom is 0.332 e. The molecule has 1 aliphatic rings. The number of methoxy groups -OCH3 is 2. The number of hydrogen-bond donors (Lipinski definition) is 1. The molecule has 4 heterocycles. The van der Waals surface area contributed by atoms with Crippen molar-refractivity contribution in [2.75, 3.05) is 34.0 Å². The van der Waals surface area contributed by atoms with Crippen LogP contribution in [0.25, 0.3) is 15.2 Å². The number of carbonyl (C=O) groups is 1. The third-order valence-electron chi connectivity index (χ3n) is 6.99. The van der Waals surface area contributed by atoms with Crippen molar-refractivity contribution < 1.29 is 23.4 Å². The highest BCUT2D eigenvalue weighted by molar-refractivity contribution is 7.21. The number of aryl methyl sites for hydroxylation is 1. The van der Waals surface area contributed by atoms with Crippen LogP contribution in [0.2, 0.25) is 0 Å². The van der Waals surface area contributed by atoms with E-state index < -0.39 is 29.2 Å². The summed E-state index contributed by atoms with van der Waals surface area (Å²) in [5, 5.41) is 8.05. The summed E-state index contributed by atoms with van der Waals surface area (Å²) in [5.41, 5.74) is -0.158. The van der Waals surface area contributed by atoms with Gasteiger partial charge in [-0.05, 0) is 44.0 Å². The van der Waals surface area contributed by atoms with Crippen molar-refractivity contribution in [2.45, 2.75) is 38.5 Å². The minimum Gasteiger partial charge on any atom is -0.496 e. The summed E-state index contributed by atoms with van der Waals surface area (Å²) in [6.45, 7) is 2.62. The van der Waals surface area contributed by atoms with Gasteiger partial charge in [0.1, 0.15) is 33.5 Å². The van der Waals surface area contributed by atoms with Crippen molar-refractivity contribution in [3.63, 3.8) is 0 Å². The number of benzene rings is 1. The zero-order valence-corrected chi connectivity index (χ0v) is 23.2. The summed E-state index contributed by atoms with van der Waals surface area (Å²) in [7, 11) is 3.00. The molecule has 212 valence electrons. The fourth-order valence-corrected chi connectivity index (χ4v) is 6.28. The lowest BCUT2D eigenvalue weighted by Crippen LogP contribution is -2.49. The first kappa shape index (κ1) is 27.7. The van der Waals surface area contributed by atoms with Crippen LogP contribution in [0.1, 0.15) is 36.1 Å². The molecule has 11 nitrogen and oxygen atoms in total. The molecule has 0 aliphatic carbocycles. The lowest BCUT2D eigenvalue weighted by molar-refractivity contribution is -0.126. The van der Waals surface area contributed by atoms with E-state index in [1.54, 1.807) is 30.1 Å². The van der Waals surface area contributed by atoms with E-state index in [0.717, 1.165) is 4.57 Å². The van der Waals surface area contributed by atoms with Gasteiger partial charge in [0.15, 0.2) is 0 Å². The molecule has 0 bridgehead atoms. The van der Waals surface area contributed by atoms with E-state index in [1.807, 2.05) is 0 Å². The van der Waals surface area contributed by atoms with Gasteiger partial charge >= 0.3 is 5.69 Å². The van der Waals surface area contributed by atoms with Gasteiger partial charge in [0.25, 0.3) is 5.56 Å². The Morgan fingerprint density at radius 3 is 2.75 bits per heavy atom. The minimum atomic E-state index is -0.951. The maximum atomic E-state index is 14.4. The van der Waals surface area contributed by atoms with E-state index in [9.17, 15) is 18.8 Å². The molecular formula is C27H30FN5O6S. The molecule has 1 aromatic carbocycles. The third kappa shape index (κ3) is 5.07. The first-order valence-electron chi connectivity index (χ1n) is 12.9. The van der Waals surface area contributed by atoms with Crippen LogP contribution in [0.4, 0.5) is 4.39 Å². The summed E-state index contributed by atoms with van der Waals surface area (Å²) in [6.07, 6.45) is 3.51. The lowest BCUT2D eigenvalue weighted by atomic mass is 10.1. The van der Waals surface area contributed by atoms with Gasteiger partial charge in [0, 0.05) is 37.2 Å². The first-order chi connectivity index (χ1) is 19.3. The number of rotatable bonds is 10. The molecule has 1 N–H and O–H groups in total. The van der Waals surface area contributed by atoms with Crippen LogP contribution in [0.5, 0.6) is 5.75 Å². The highest BCUT2D eigenvalue weighted by Gasteiger charge is 2.31. The van der Waals surface area contributed by atoms with Crippen molar-refractivity contribution in [3.05, 3.63) is 74.4 Å². The SMILES string of the molecule is COCCOC(Cn1c(=O)n(C2CCCNC2=O)c(=O)c2c(C)c(-n3cccn3)sc21)c1cc(F)ccc1OC. The van der Waals surface area contributed by atoms with E-state index in [2.05, 4.69) is 10.4 Å². The van der Waals surface area contributed by atoms with Crippen molar-refractivity contribution in [2.24, 2.45) is 0 Å². The van der Waals surface area contributed by atoms with Gasteiger partial charge in [-0.1, -0.05) is 11.3 Å². The standard InChI is InChI=1S/C27H30FN5O6S/c1-16-22-24(35)33(19-6-4-9-29-23(19)34)27(36)31(26(22)40-25(16)32-11-5-10-30-32)15-21(39-13-12-37-2)18-14-17(28)7-8-20(18)38-3/h5,7-8,10-11,14,19,21H,4,6,9,12-13,15H2,1-3H3,(H,29,34). The molecule has 0 saturated carbocycles. The summed E-state index contributed by atoms with van der Waals surface area (Å²) in [5.74, 6) is -0.491. The number of amides is 1. The van der Waals surface area contributed by atoms with Gasteiger partial charge in [-0.2, -0.15) is 5.10 Å². The predicted molar refractivity (Wildman–Crippen MR) is 147 cm³/mol. The summed E-state index contributed by atoms with van der Waals surface area (Å²) in [4.78, 5) is 41.2. The highest BCUT2D eigenvalue weighted by Crippen LogP contribution is 2.34.